The Morgan fingerprint density at radius 3 is 2.42 bits per heavy atom. The zero-order valence-corrected chi connectivity index (χ0v) is 8.16. The van der Waals surface area contributed by atoms with Gasteiger partial charge in [-0.05, 0) is 12.8 Å². The third-order valence-corrected chi connectivity index (χ3v) is 1.79. The highest BCUT2D eigenvalue weighted by atomic mass is 16.2. The van der Waals surface area contributed by atoms with E-state index in [-0.39, 0.29) is 5.91 Å². The van der Waals surface area contributed by atoms with E-state index >= 15 is 0 Å². The smallest absolute Gasteiger partial charge is 0.266 e. The van der Waals surface area contributed by atoms with E-state index in [0.717, 1.165) is 5.57 Å². The molecule has 3 nitrogen and oxygen atoms in total. The van der Waals surface area contributed by atoms with E-state index in [0.29, 0.717) is 5.92 Å². The molecule has 0 heterocycles. The lowest BCUT2D eigenvalue weighted by atomic mass is 10.1. The molecule has 68 valence electrons. The summed E-state index contributed by atoms with van der Waals surface area (Å²) >= 11 is 0. The molecule has 0 bridgehead atoms. The van der Waals surface area contributed by atoms with Crippen molar-refractivity contribution >= 4 is 12.6 Å². The molecule has 0 aliphatic carbocycles. The van der Waals surface area contributed by atoms with Crippen LogP contribution in [0.3, 0.4) is 0 Å². The number of hydrazone groups is 1. The molecule has 0 N–H and O–H groups in total. The summed E-state index contributed by atoms with van der Waals surface area (Å²) in [6, 6.07) is 0. The molecule has 3 heteroatoms. The maximum absolute atomic E-state index is 11.2. The van der Waals surface area contributed by atoms with Crippen molar-refractivity contribution in [1.29, 1.82) is 0 Å². The lowest BCUT2D eigenvalue weighted by Gasteiger charge is -2.09. The van der Waals surface area contributed by atoms with Gasteiger partial charge in [-0.15, -0.1) is 0 Å². The highest BCUT2D eigenvalue weighted by Gasteiger charge is 2.04. The van der Waals surface area contributed by atoms with Crippen LogP contribution >= 0.6 is 0 Å². The summed E-state index contributed by atoms with van der Waals surface area (Å²) in [4.78, 5) is 11.2. The van der Waals surface area contributed by atoms with Gasteiger partial charge in [0.2, 0.25) is 0 Å². The molecule has 0 spiro atoms. The zero-order chi connectivity index (χ0) is 9.72. The van der Waals surface area contributed by atoms with Crippen molar-refractivity contribution in [2.24, 2.45) is 11.0 Å². The van der Waals surface area contributed by atoms with Crippen LogP contribution in [0.15, 0.2) is 16.8 Å². The molecule has 0 fully saturated rings. The van der Waals surface area contributed by atoms with Crippen LogP contribution in [0.2, 0.25) is 0 Å². The predicted octanol–water partition coefficient (Wildman–Crippen LogP) is 1.66. The van der Waals surface area contributed by atoms with Crippen molar-refractivity contribution in [2.75, 3.05) is 7.05 Å². The van der Waals surface area contributed by atoms with Crippen LogP contribution in [0.4, 0.5) is 0 Å². The average Bonchev–Trinajstić information content (AvgIpc) is 2.02. The molecule has 0 aliphatic heterocycles. The maximum Gasteiger partial charge on any atom is 0.266 e. The van der Waals surface area contributed by atoms with Crippen molar-refractivity contribution < 1.29 is 4.79 Å². The summed E-state index contributed by atoms with van der Waals surface area (Å²) in [5, 5.41) is 4.70. The van der Waals surface area contributed by atoms with Crippen molar-refractivity contribution in [3.8, 4) is 0 Å². The Bertz CT molecular complexity index is 207. The van der Waals surface area contributed by atoms with Crippen molar-refractivity contribution in [2.45, 2.75) is 20.8 Å². The van der Waals surface area contributed by atoms with Crippen LogP contribution in [0.1, 0.15) is 20.8 Å². The third kappa shape index (κ3) is 3.32. The molecule has 0 aromatic carbocycles. The van der Waals surface area contributed by atoms with Gasteiger partial charge in [-0.25, -0.2) is 5.01 Å². The van der Waals surface area contributed by atoms with Gasteiger partial charge in [-0.1, -0.05) is 19.4 Å². The summed E-state index contributed by atoms with van der Waals surface area (Å²) in [7, 11) is 1.58. The molecule has 0 aromatic rings. The molecule has 0 saturated heterocycles. The summed E-state index contributed by atoms with van der Waals surface area (Å²) in [6.45, 7) is 9.27. The van der Waals surface area contributed by atoms with Gasteiger partial charge >= 0.3 is 0 Å². The molecular formula is C9H16N2O. The Balaban J connectivity index is 4.33. The minimum atomic E-state index is -0.129. The maximum atomic E-state index is 11.2. The van der Waals surface area contributed by atoms with Gasteiger partial charge in [0.25, 0.3) is 5.91 Å². The fraction of sp³-hybridized carbons (Fsp3) is 0.556. The number of carbonyl (C=O) groups is 1. The average molecular weight is 168 g/mol. The standard InChI is InChI=1S/C9H16N2O/c1-7(2)8(3)6-9(12)11(5)10-4/h6-7H,4H2,1-3,5H3/b8-6+. The topological polar surface area (TPSA) is 32.7 Å². The number of hydrogen-bond donors (Lipinski definition) is 0. The van der Waals surface area contributed by atoms with E-state index in [2.05, 4.69) is 11.8 Å². The normalized spacial score (nSPS) is 11.6. The van der Waals surface area contributed by atoms with Crippen molar-refractivity contribution in [1.82, 2.24) is 5.01 Å². The van der Waals surface area contributed by atoms with Gasteiger partial charge in [0.05, 0.1) is 0 Å². The van der Waals surface area contributed by atoms with Gasteiger partial charge in [0.1, 0.15) is 0 Å². The Kier molecular flexibility index (Phi) is 4.26. The van der Waals surface area contributed by atoms with Crippen LogP contribution < -0.4 is 0 Å². The van der Waals surface area contributed by atoms with Crippen molar-refractivity contribution in [3.05, 3.63) is 11.6 Å². The van der Waals surface area contributed by atoms with Crippen LogP contribution in [-0.4, -0.2) is 24.7 Å². The van der Waals surface area contributed by atoms with E-state index in [1.165, 1.54) is 5.01 Å². The summed E-state index contributed by atoms with van der Waals surface area (Å²) in [5.74, 6) is 0.267. The number of allylic oxidation sites excluding steroid dienone is 1. The number of rotatable bonds is 3. The quantitative estimate of drug-likeness (QED) is 0.358. The Labute approximate surface area is 73.8 Å². The lowest BCUT2D eigenvalue weighted by molar-refractivity contribution is -0.124. The van der Waals surface area contributed by atoms with E-state index in [9.17, 15) is 4.79 Å². The first-order valence-corrected chi connectivity index (χ1v) is 3.91. The zero-order valence-electron chi connectivity index (χ0n) is 8.16. The van der Waals surface area contributed by atoms with Crippen LogP contribution in [0.25, 0.3) is 0 Å². The first kappa shape index (κ1) is 10.9. The predicted molar refractivity (Wildman–Crippen MR) is 50.9 cm³/mol. The van der Waals surface area contributed by atoms with Gasteiger partial charge in [-0.2, -0.15) is 5.10 Å². The summed E-state index contributed by atoms with van der Waals surface area (Å²) < 4.78 is 0. The highest BCUT2D eigenvalue weighted by Crippen LogP contribution is 2.07. The first-order chi connectivity index (χ1) is 5.49. The number of hydrogen-bond acceptors (Lipinski definition) is 2. The fourth-order valence-corrected chi connectivity index (χ4v) is 0.525. The second-order valence-electron chi connectivity index (χ2n) is 3.05. The van der Waals surface area contributed by atoms with Crippen LogP contribution in [0.5, 0.6) is 0 Å². The van der Waals surface area contributed by atoms with E-state index in [1.807, 2.05) is 20.8 Å². The molecule has 0 atom stereocenters. The Morgan fingerprint density at radius 2 is 2.08 bits per heavy atom. The monoisotopic (exact) mass is 168 g/mol. The molecule has 1 amide bonds. The number of likely N-dealkylation sites (N-methyl/N-ethyl adjacent to an activating group) is 1. The lowest BCUT2D eigenvalue weighted by Crippen LogP contribution is -2.18. The second-order valence-corrected chi connectivity index (χ2v) is 3.05. The molecule has 0 aromatic heterocycles. The first-order valence-electron chi connectivity index (χ1n) is 3.91. The number of nitrogens with zero attached hydrogens (tertiary/aromatic N) is 2. The second kappa shape index (κ2) is 4.70. The molecule has 0 saturated carbocycles. The molecular weight excluding hydrogens is 152 g/mol. The fourth-order valence-electron chi connectivity index (χ4n) is 0.525. The molecule has 0 rings (SSSR count). The summed E-state index contributed by atoms with van der Waals surface area (Å²) in [6.07, 6.45) is 1.58. The minimum absolute atomic E-state index is 0.129. The number of carbonyl (C=O) groups excluding carboxylic acids is 1. The van der Waals surface area contributed by atoms with Gasteiger partial charge in [-0.3, -0.25) is 4.79 Å². The van der Waals surface area contributed by atoms with Gasteiger partial charge in [0, 0.05) is 19.8 Å². The molecule has 0 unspecified atom stereocenters. The molecule has 0 radical (unpaired) electrons. The highest BCUT2D eigenvalue weighted by molar-refractivity contribution is 5.88. The van der Waals surface area contributed by atoms with E-state index in [4.69, 9.17) is 0 Å². The van der Waals surface area contributed by atoms with Gasteiger partial charge < -0.3 is 0 Å². The minimum Gasteiger partial charge on any atom is -0.268 e. The van der Waals surface area contributed by atoms with Gasteiger partial charge in [0.15, 0.2) is 0 Å². The molecule has 12 heavy (non-hydrogen) atoms. The Morgan fingerprint density at radius 1 is 1.58 bits per heavy atom. The summed E-state index contributed by atoms with van der Waals surface area (Å²) in [5.41, 5.74) is 1.05. The van der Waals surface area contributed by atoms with Crippen LogP contribution in [-0.2, 0) is 4.79 Å². The van der Waals surface area contributed by atoms with E-state index < -0.39 is 0 Å². The molecule has 0 aliphatic rings. The SMILES string of the molecule is C=NN(C)C(=O)/C=C(\C)C(C)C. The van der Waals surface area contributed by atoms with Crippen LogP contribution in [0, 0.1) is 5.92 Å². The van der Waals surface area contributed by atoms with E-state index in [1.54, 1.807) is 13.1 Å². The number of amides is 1. The Hall–Kier alpha value is -1.12. The third-order valence-electron chi connectivity index (χ3n) is 1.79. The van der Waals surface area contributed by atoms with Crippen molar-refractivity contribution in [3.63, 3.8) is 0 Å². The largest absolute Gasteiger partial charge is 0.268 e.